The Morgan fingerprint density at radius 2 is 2.00 bits per heavy atom. The maximum atomic E-state index is 14.3. The minimum Gasteiger partial charge on any atom is -0.465 e. The lowest BCUT2D eigenvalue weighted by Gasteiger charge is -2.17. The van der Waals surface area contributed by atoms with Crippen molar-refractivity contribution in [2.75, 3.05) is 11.9 Å². The van der Waals surface area contributed by atoms with E-state index in [1.165, 1.54) is 22.3 Å². The number of halogens is 3. The van der Waals surface area contributed by atoms with Gasteiger partial charge in [0.1, 0.15) is 34.6 Å². The molecule has 180 valence electrons. The molecule has 9 nitrogen and oxygen atoms in total. The highest BCUT2D eigenvalue weighted by molar-refractivity contribution is 7.13. The van der Waals surface area contributed by atoms with Gasteiger partial charge in [0.25, 0.3) is 5.91 Å². The molecule has 1 unspecified atom stereocenters. The summed E-state index contributed by atoms with van der Waals surface area (Å²) < 4.78 is 49.5. The van der Waals surface area contributed by atoms with Crippen LogP contribution in [0.2, 0.25) is 0 Å². The maximum absolute atomic E-state index is 14.3. The standard InChI is InChI=1S/C21H20F3N5O4S/c1-29-18(16-6-5-13(28-21(31)32)12(24)8-33-16)14(7-25-29)26-19(30)15-9-34-20(27-15)17-10(22)3-2-4-11(17)23/h2-4,7,9,12-13,16,28H,5-6,8H2,1H3,(H,26,30)(H,31,32)/t12-,13-,16?/m1/s1. The van der Waals surface area contributed by atoms with E-state index in [0.717, 1.165) is 23.5 Å². The van der Waals surface area contributed by atoms with Gasteiger partial charge in [0.15, 0.2) is 0 Å². The monoisotopic (exact) mass is 495 g/mol. The van der Waals surface area contributed by atoms with Gasteiger partial charge in [-0.3, -0.25) is 9.48 Å². The van der Waals surface area contributed by atoms with Gasteiger partial charge in [0.2, 0.25) is 0 Å². The highest BCUT2D eigenvalue weighted by atomic mass is 32.1. The number of amides is 2. The van der Waals surface area contributed by atoms with Gasteiger partial charge in [-0.2, -0.15) is 5.10 Å². The van der Waals surface area contributed by atoms with Gasteiger partial charge in [-0.25, -0.2) is 22.9 Å². The Balaban J connectivity index is 1.52. The lowest BCUT2D eigenvalue weighted by atomic mass is 10.0. The molecule has 1 fully saturated rings. The van der Waals surface area contributed by atoms with Gasteiger partial charge in [-0.05, 0) is 25.0 Å². The Morgan fingerprint density at radius 3 is 2.71 bits per heavy atom. The maximum Gasteiger partial charge on any atom is 0.404 e. The van der Waals surface area contributed by atoms with Crippen molar-refractivity contribution in [1.82, 2.24) is 20.1 Å². The Kier molecular flexibility index (Phi) is 6.84. The van der Waals surface area contributed by atoms with Crippen molar-refractivity contribution in [3.63, 3.8) is 0 Å². The summed E-state index contributed by atoms with van der Waals surface area (Å²) in [7, 11) is 1.63. The van der Waals surface area contributed by atoms with Crippen LogP contribution in [0.25, 0.3) is 10.6 Å². The van der Waals surface area contributed by atoms with Crippen molar-refractivity contribution in [1.29, 1.82) is 0 Å². The molecule has 3 atom stereocenters. The molecule has 2 aromatic heterocycles. The van der Waals surface area contributed by atoms with Crippen LogP contribution >= 0.6 is 11.3 Å². The Morgan fingerprint density at radius 1 is 1.26 bits per heavy atom. The molecule has 13 heteroatoms. The molecule has 1 aliphatic heterocycles. The fourth-order valence-corrected chi connectivity index (χ4v) is 4.61. The number of nitrogens with zero attached hydrogens (tertiary/aromatic N) is 3. The molecule has 0 aliphatic carbocycles. The van der Waals surface area contributed by atoms with E-state index in [1.807, 2.05) is 0 Å². The summed E-state index contributed by atoms with van der Waals surface area (Å²) in [5.74, 6) is -2.21. The number of carboxylic acid groups (broad SMARTS) is 1. The average molecular weight is 495 g/mol. The number of ether oxygens (including phenoxy) is 1. The number of carbonyl (C=O) groups is 2. The quantitative estimate of drug-likeness (QED) is 0.494. The zero-order valence-electron chi connectivity index (χ0n) is 17.8. The predicted octanol–water partition coefficient (Wildman–Crippen LogP) is 3.90. The first kappa shape index (κ1) is 23.7. The van der Waals surface area contributed by atoms with E-state index < -0.39 is 42.0 Å². The summed E-state index contributed by atoms with van der Waals surface area (Å²) in [4.78, 5) is 27.8. The van der Waals surface area contributed by atoms with Crippen molar-refractivity contribution in [2.45, 2.75) is 31.2 Å². The van der Waals surface area contributed by atoms with Gasteiger partial charge in [0.05, 0.1) is 35.8 Å². The number of carbonyl (C=O) groups excluding carboxylic acids is 1. The molecule has 1 aromatic carbocycles. The van der Waals surface area contributed by atoms with E-state index in [0.29, 0.717) is 11.4 Å². The van der Waals surface area contributed by atoms with E-state index >= 15 is 0 Å². The fourth-order valence-electron chi connectivity index (χ4n) is 3.76. The molecule has 0 spiro atoms. The van der Waals surface area contributed by atoms with Crippen molar-refractivity contribution < 1.29 is 32.6 Å². The Bertz CT molecular complexity index is 1200. The molecule has 1 aliphatic rings. The van der Waals surface area contributed by atoms with E-state index in [9.17, 15) is 22.8 Å². The van der Waals surface area contributed by atoms with Crippen molar-refractivity contribution in [3.05, 3.63) is 52.8 Å². The zero-order chi connectivity index (χ0) is 24.4. The summed E-state index contributed by atoms with van der Waals surface area (Å²) in [5.41, 5.74) is 0.399. The molecular weight excluding hydrogens is 475 g/mol. The van der Waals surface area contributed by atoms with E-state index in [-0.39, 0.29) is 35.7 Å². The summed E-state index contributed by atoms with van der Waals surface area (Å²) in [6, 6.07) is 2.53. The van der Waals surface area contributed by atoms with E-state index in [1.54, 1.807) is 7.05 Å². The van der Waals surface area contributed by atoms with Crippen LogP contribution in [0.3, 0.4) is 0 Å². The van der Waals surface area contributed by atoms with Crippen LogP contribution in [0, 0.1) is 11.6 Å². The largest absolute Gasteiger partial charge is 0.465 e. The predicted molar refractivity (Wildman–Crippen MR) is 116 cm³/mol. The molecule has 4 rings (SSSR count). The van der Waals surface area contributed by atoms with Crippen LogP contribution in [0.15, 0.2) is 29.8 Å². The minimum absolute atomic E-state index is 0.0187. The first-order valence-electron chi connectivity index (χ1n) is 10.2. The Hall–Kier alpha value is -3.45. The minimum atomic E-state index is -1.53. The lowest BCUT2D eigenvalue weighted by Crippen LogP contribution is -2.41. The van der Waals surface area contributed by atoms with Gasteiger partial charge in [-0.15, -0.1) is 11.3 Å². The number of rotatable bonds is 5. The number of hydrogen-bond acceptors (Lipinski definition) is 6. The topological polar surface area (TPSA) is 118 Å². The number of aromatic nitrogens is 3. The zero-order valence-corrected chi connectivity index (χ0v) is 18.6. The first-order valence-corrected chi connectivity index (χ1v) is 11.1. The number of alkyl halides is 1. The summed E-state index contributed by atoms with van der Waals surface area (Å²) >= 11 is 0.921. The Labute approximate surface area is 195 Å². The van der Waals surface area contributed by atoms with Gasteiger partial charge < -0.3 is 20.5 Å². The van der Waals surface area contributed by atoms with Crippen LogP contribution in [0.5, 0.6) is 0 Å². The number of benzene rings is 1. The smallest absolute Gasteiger partial charge is 0.404 e. The number of nitrogens with one attached hydrogen (secondary N) is 2. The number of thiazole rings is 1. The molecule has 0 radical (unpaired) electrons. The average Bonchev–Trinajstić information content (AvgIpc) is 3.35. The SMILES string of the molecule is Cn1ncc(NC(=O)c2csc(-c3c(F)cccc3F)n2)c1C1CC[C@@H](NC(=O)O)[C@H](F)CO1. The summed E-state index contributed by atoms with van der Waals surface area (Å²) in [6.07, 6.45) is -1.65. The highest BCUT2D eigenvalue weighted by Crippen LogP contribution is 2.33. The van der Waals surface area contributed by atoms with Crippen LogP contribution in [-0.4, -0.2) is 50.7 Å². The van der Waals surface area contributed by atoms with Crippen LogP contribution in [0.4, 0.5) is 23.7 Å². The van der Waals surface area contributed by atoms with Gasteiger partial charge in [-0.1, -0.05) is 6.07 Å². The first-order chi connectivity index (χ1) is 16.2. The number of hydrogen-bond donors (Lipinski definition) is 3. The van der Waals surface area contributed by atoms with Crippen LogP contribution in [0.1, 0.15) is 35.1 Å². The third-order valence-corrected chi connectivity index (χ3v) is 6.25. The molecular formula is C21H20F3N5O4S. The van der Waals surface area contributed by atoms with Crippen molar-refractivity contribution in [3.8, 4) is 10.6 Å². The second kappa shape index (κ2) is 9.81. The second-order valence-electron chi connectivity index (χ2n) is 7.63. The molecule has 3 N–H and O–H groups in total. The molecule has 3 aromatic rings. The molecule has 2 amide bonds. The molecule has 3 heterocycles. The second-order valence-corrected chi connectivity index (χ2v) is 8.49. The fraction of sp³-hybridized carbons (Fsp3) is 0.333. The van der Waals surface area contributed by atoms with Gasteiger partial charge in [0, 0.05) is 12.4 Å². The van der Waals surface area contributed by atoms with Crippen LogP contribution in [-0.2, 0) is 11.8 Å². The molecule has 1 saturated heterocycles. The summed E-state index contributed by atoms with van der Waals surface area (Å²) in [5, 5.41) is 19.2. The summed E-state index contributed by atoms with van der Waals surface area (Å²) in [6.45, 7) is -0.335. The van der Waals surface area contributed by atoms with Crippen LogP contribution < -0.4 is 10.6 Å². The number of aryl methyl sites for hydroxylation is 1. The van der Waals surface area contributed by atoms with E-state index in [2.05, 4.69) is 20.7 Å². The number of anilines is 1. The molecule has 0 saturated carbocycles. The molecule has 34 heavy (non-hydrogen) atoms. The molecule has 0 bridgehead atoms. The van der Waals surface area contributed by atoms with E-state index in [4.69, 9.17) is 9.84 Å². The third kappa shape index (κ3) is 4.89. The lowest BCUT2D eigenvalue weighted by molar-refractivity contribution is 0.0233. The third-order valence-electron chi connectivity index (χ3n) is 5.39. The van der Waals surface area contributed by atoms with Crippen molar-refractivity contribution in [2.24, 2.45) is 7.05 Å². The highest BCUT2D eigenvalue weighted by Gasteiger charge is 2.32. The van der Waals surface area contributed by atoms with Gasteiger partial charge >= 0.3 is 6.09 Å². The van der Waals surface area contributed by atoms with Crippen molar-refractivity contribution >= 4 is 29.0 Å². The normalized spacial score (nSPS) is 20.5.